The number of hydrogen-bond donors (Lipinski definition) is 1. The summed E-state index contributed by atoms with van der Waals surface area (Å²) in [6.07, 6.45) is 0.0659. The average Bonchev–Trinajstić information content (AvgIpc) is 2.54. The van der Waals surface area contributed by atoms with Gasteiger partial charge in [0, 0.05) is 19.2 Å². The molecule has 0 radical (unpaired) electrons. The van der Waals surface area contributed by atoms with E-state index >= 15 is 0 Å². The second kappa shape index (κ2) is 3.25. The smallest absolute Gasteiger partial charge is 0.134 e. The van der Waals surface area contributed by atoms with Gasteiger partial charge in [-0.15, -0.1) is 0 Å². The molecule has 4 heteroatoms. The summed E-state index contributed by atoms with van der Waals surface area (Å²) in [7, 11) is 0. The molecule has 0 aliphatic carbocycles. The minimum absolute atomic E-state index is 0.0659. The number of aromatic nitrogens is 1. The predicted octanol–water partition coefficient (Wildman–Crippen LogP) is 0.644. The highest BCUT2D eigenvalue weighted by atomic mass is 16.5. The average molecular weight is 168 g/mol. The van der Waals surface area contributed by atoms with Crippen LogP contribution in [0.5, 0.6) is 0 Å². The molecular weight excluding hydrogens is 156 g/mol. The number of rotatable bonds is 1. The summed E-state index contributed by atoms with van der Waals surface area (Å²) in [5.41, 5.74) is 0.889. The largest absolute Gasteiger partial charge is 0.369 e. The van der Waals surface area contributed by atoms with Crippen molar-refractivity contribution in [3.05, 3.63) is 17.5 Å². The molecule has 1 fully saturated rings. The number of hydrogen-bond acceptors (Lipinski definition) is 4. The van der Waals surface area contributed by atoms with Gasteiger partial charge >= 0.3 is 0 Å². The fourth-order valence-electron chi connectivity index (χ4n) is 1.29. The minimum atomic E-state index is 0.0659. The monoisotopic (exact) mass is 168 g/mol. The van der Waals surface area contributed by atoms with E-state index in [0.717, 1.165) is 31.2 Å². The second-order valence-electron chi connectivity index (χ2n) is 2.93. The van der Waals surface area contributed by atoms with Gasteiger partial charge in [-0.2, -0.15) is 0 Å². The maximum atomic E-state index is 5.49. The molecule has 0 bridgehead atoms. The number of nitrogens with zero attached hydrogens (tertiary/aromatic N) is 1. The van der Waals surface area contributed by atoms with Gasteiger partial charge < -0.3 is 14.6 Å². The molecule has 1 aliphatic heterocycles. The van der Waals surface area contributed by atoms with Crippen molar-refractivity contribution >= 4 is 0 Å². The highest BCUT2D eigenvalue weighted by Crippen LogP contribution is 2.17. The van der Waals surface area contributed by atoms with Crippen LogP contribution < -0.4 is 5.32 Å². The van der Waals surface area contributed by atoms with E-state index in [9.17, 15) is 0 Å². The van der Waals surface area contributed by atoms with Crippen molar-refractivity contribution in [2.45, 2.75) is 13.0 Å². The van der Waals surface area contributed by atoms with Crippen LogP contribution in [0.1, 0.15) is 17.6 Å². The van der Waals surface area contributed by atoms with Gasteiger partial charge in [-0.05, 0) is 6.92 Å². The predicted molar refractivity (Wildman–Crippen MR) is 42.8 cm³/mol. The molecule has 12 heavy (non-hydrogen) atoms. The summed E-state index contributed by atoms with van der Waals surface area (Å²) in [5.74, 6) is 0.833. The van der Waals surface area contributed by atoms with Gasteiger partial charge in [0.1, 0.15) is 17.6 Å². The summed E-state index contributed by atoms with van der Waals surface area (Å²) < 4.78 is 10.5. The first-order chi connectivity index (χ1) is 5.86. The minimum Gasteiger partial charge on any atom is -0.369 e. The molecule has 0 saturated carbocycles. The van der Waals surface area contributed by atoms with Crippen LogP contribution in [0.3, 0.4) is 0 Å². The first-order valence-corrected chi connectivity index (χ1v) is 4.12. The normalized spacial score (nSPS) is 24.2. The highest BCUT2D eigenvalue weighted by Gasteiger charge is 2.18. The van der Waals surface area contributed by atoms with E-state index < -0.39 is 0 Å². The number of morpholine rings is 1. The number of ether oxygens (including phenoxy) is 1. The second-order valence-corrected chi connectivity index (χ2v) is 2.93. The van der Waals surface area contributed by atoms with Crippen molar-refractivity contribution in [2.24, 2.45) is 0 Å². The number of nitrogens with one attached hydrogen (secondary N) is 1. The third-order valence-electron chi connectivity index (χ3n) is 1.90. The standard InChI is InChI=1S/C8H12N2O2/c1-6-4-7(10-12-6)8-5-9-2-3-11-8/h4,8-9H,2-3,5H2,1H3. The highest BCUT2D eigenvalue weighted by molar-refractivity contribution is 5.07. The topological polar surface area (TPSA) is 47.3 Å². The Kier molecular flexibility index (Phi) is 2.10. The van der Waals surface area contributed by atoms with Crippen LogP contribution in [0, 0.1) is 6.92 Å². The van der Waals surface area contributed by atoms with Crippen molar-refractivity contribution in [3.63, 3.8) is 0 Å². The molecule has 0 amide bonds. The lowest BCUT2D eigenvalue weighted by Gasteiger charge is -2.21. The van der Waals surface area contributed by atoms with E-state index in [-0.39, 0.29) is 6.10 Å². The van der Waals surface area contributed by atoms with Crippen LogP contribution in [0.4, 0.5) is 0 Å². The van der Waals surface area contributed by atoms with Gasteiger partial charge in [-0.25, -0.2) is 0 Å². The van der Waals surface area contributed by atoms with Crippen LogP contribution in [-0.2, 0) is 4.74 Å². The van der Waals surface area contributed by atoms with Gasteiger partial charge in [0.25, 0.3) is 0 Å². The van der Waals surface area contributed by atoms with Gasteiger partial charge in [0.15, 0.2) is 0 Å². The van der Waals surface area contributed by atoms with Crippen LogP contribution in [0.25, 0.3) is 0 Å². The third kappa shape index (κ3) is 1.49. The molecule has 66 valence electrons. The quantitative estimate of drug-likeness (QED) is 0.668. The Labute approximate surface area is 70.9 Å². The zero-order valence-corrected chi connectivity index (χ0v) is 7.04. The Balaban J connectivity index is 2.08. The van der Waals surface area contributed by atoms with Gasteiger partial charge in [0.2, 0.25) is 0 Å². The van der Waals surface area contributed by atoms with Crippen LogP contribution in [-0.4, -0.2) is 24.9 Å². The maximum Gasteiger partial charge on any atom is 0.134 e. The Bertz CT molecular complexity index is 253. The Morgan fingerprint density at radius 1 is 1.67 bits per heavy atom. The van der Waals surface area contributed by atoms with Crippen LogP contribution in [0.15, 0.2) is 10.6 Å². The lowest BCUT2D eigenvalue weighted by atomic mass is 10.2. The summed E-state index contributed by atoms with van der Waals surface area (Å²) in [4.78, 5) is 0. The van der Waals surface area contributed by atoms with Crippen LogP contribution >= 0.6 is 0 Å². The molecule has 4 nitrogen and oxygen atoms in total. The summed E-state index contributed by atoms with van der Waals surface area (Å²) >= 11 is 0. The molecule has 1 unspecified atom stereocenters. The zero-order chi connectivity index (χ0) is 8.39. The fourth-order valence-corrected chi connectivity index (χ4v) is 1.29. The molecule has 1 aliphatic rings. The molecule has 1 N–H and O–H groups in total. The van der Waals surface area contributed by atoms with E-state index in [0.29, 0.717) is 0 Å². The van der Waals surface area contributed by atoms with Gasteiger partial charge in [0.05, 0.1) is 6.61 Å². The van der Waals surface area contributed by atoms with E-state index in [2.05, 4.69) is 10.5 Å². The molecule has 0 spiro atoms. The molecule has 1 aromatic heterocycles. The Hall–Kier alpha value is -0.870. The first kappa shape index (κ1) is 7.76. The molecule has 1 aromatic rings. The van der Waals surface area contributed by atoms with E-state index in [1.807, 2.05) is 13.0 Å². The van der Waals surface area contributed by atoms with Crippen molar-refractivity contribution in [3.8, 4) is 0 Å². The van der Waals surface area contributed by atoms with Crippen molar-refractivity contribution < 1.29 is 9.26 Å². The molecule has 2 rings (SSSR count). The molecule has 1 saturated heterocycles. The van der Waals surface area contributed by atoms with E-state index in [1.165, 1.54) is 0 Å². The SMILES string of the molecule is Cc1cc(C2CNCCO2)no1. The van der Waals surface area contributed by atoms with E-state index in [4.69, 9.17) is 9.26 Å². The lowest BCUT2D eigenvalue weighted by Crippen LogP contribution is -2.33. The third-order valence-corrected chi connectivity index (χ3v) is 1.90. The molecule has 1 atom stereocenters. The van der Waals surface area contributed by atoms with Gasteiger partial charge in [-0.3, -0.25) is 0 Å². The van der Waals surface area contributed by atoms with Crippen molar-refractivity contribution in [1.82, 2.24) is 10.5 Å². The van der Waals surface area contributed by atoms with Crippen molar-refractivity contribution in [2.75, 3.05) is 19.7 Å². The maximum absolute atomic E-state index is 5.49. The van der Waals surface area contributed by atoms with Crippen LogP contribution in [0.2, 0.25) is 0 Å². The summed E-state index contributed by atoms with van der Waals surface area (Å²) in [6.45, 7) is 4.38. The zero-order valence-electron chi connectivity index (χ0n) is 7.04. The lowest BCUT2D eigenvalue weighted by molar-refractivity contribution is 0.0232. The molecular formula is C8H12N2O2. The fraction of sp³-hybridized carbons (Fsp3) is 0.625. The number of aryl methyl sites for hydroxylation is 1. The Morgan fingerprint density at radius 2 is 2.58 bits per heavy atom. The van der Waals surface area contributed by atoms with Crippen molar-refractivity contribution in [1.29, 1.82) is 0 Å². The summed E-state index contributed by atoms with van der Waals surface area (Å²) in [6, 6.07) is 1.91. The molecule has 0 aromatic carbocycles. The molecule has 2 heterocycles. The first-order valence-electron chi connectivity index (χ1n) is 4.12. The summed E-state index contributed by atoms with van der Waals surface area (Å²) in [5, 5.41) is 7.14. The van der Waals surface area contributed by atoms with E-state index in [1.54, 1.807) is 0 Å². The van der Waals surface area contributed by atoms with Gasteiger partial charge in [-0.1, -0.05) is 5.16 Å². The Morgan fingerprint density at radius 3 is 3.17 bits per heavy atom.